The third-order valence-corrected chi connectivity index (χ3v) is 3.42. The van der Waals surface area contributed by atoms with Crippen LogP contribution >= 0.6 is 22.6 Å². The predicted molar refractivity (Wildman–Crippen MR) is 75.5 cm³/mol. The van der Waals surface area contributed by atoms with E-state index in [0.717, 1.165) is 0 Å². The fourth-order valence-corrected chi connectivity index (χ4v) is 2.29. The average molecular weight is 356 g/mol. The first-order valence-corrected chi connectivity index (χ1v) is 6.33. The molecule has 18 heavy (non-hydrogen) atoms. The topological polar surface area (TPSA) is 26.3 Å². The van der Waals surface area contributed by atoms with Gasteiger partial charge >= 0.3 is 0 Å². The molecule has 0 bridgehead atoms. The van der Waals surface area contributed by atoms with Gasteiger partial charge in [-0.3, -0.25) is 4.79 Å². The minimum atomic E-state index is -0.342. The highest BCUT2D eigenvalue weighted by Gasteiger charge is 2.13. The summed E-state index contributed by atoms with van der Waals surface area (Å²) >= 11 is 1.96. The molecule has 2 nitrogen and oxygen atoms in total. The molecule has 0 spiro atoms. The van der Waals surface area contributed by atoms with E-state index in [1.807, 2.05) is 22.6 Å². The van der Waals surface area contributed by atoms with Gasteiger partial charge in [0.2, 0.25) is 0 Å². The monoisotopic (exact) mass is 356 g/mol. The number of ether oxygens (including phenoxy) is 1. The Morgan fingerprint density at radius 3 is 2.39 bits per heavy atom. The van der Waals surface area contributed by atoms with Crippen molar-refractivity contribution in [2.24, 2.45) is 0 Å². The Morgan fingerprint density at radius 2 is 1.83 bits per heavy atom. The summed E-state index contributed by atoms with van der Waals surface area (Å²) in [5, 5.41) is 0. The number of halogens is 2. The van der Waals surface area contributed by atoms with Gasteiger partial charge in [-0.15, -0.1) is 0 Å². The maximum Gasteiger partial charge on any atom is 0.194 e. The number of benzene rings is 2. The van der Waals surface area contributed by atoms with Crippen molar-refractivity contribution in [1.29, 1.82) is 0 Å². The van der Waals surface area contributed by atoms with Crippen LogP contribution in [-0.2, 0) is 0 Å². The van der Waals surface area contributed by atoms with Crippen LogP contribution in [0.5, 0.6) is 5.75 Å². The van der Waals surface area contributed by atoms with Crippen LogP contribution in [0.15, 0.2) is 42.5 Å². The number of ketones is 1. The van der Waals surface area contributed by atoms with Gasteiger partial charge < -0.3 is 4.74 Å². The zero-order chi connectivity index (χ0) is 13.1. The van der Waals surface area contributed by atoms with Crippen molar-refractivity contribution >= 4 is 28.4 Å². The third kappa shape index (κ3) is 2.69. The molecule has 0 aliphatic carbocycles. The molecule has 0 atom stereocenters. The largest absolute Gasteiger partial charge is 0.497 e. The van der Waals surface area contributed by atoms with Crippen LogP contribution in [-0.4, -0.2) is 12.9 Å². The van der Waals surface area contributed by atoms with Crippen LogP contribution in [0.25, 0.3) is 0 Å². The SMILES string of the molecule is COc1ccc(C(=O)c2ccc(F)cc2I)cc1. The molecule has 2 aromatic carbocycles. The van der Waals surface area contributed by atoms with Gasteiger partial charge in [-0.1, -0.05) is 0 Å². The lowest BCUT2D eigenvalue weighted by molar-refractivity contribution is 0.103. The van der Waals surface area contributed by atoms with E-state index < -0.39 is 0 Å². The van der Waals surface area contributed by atoms with Gasteiger partial charge in [0.05, 0.1) is 7.11 Å². The Balaban J connectivity index is 2.35. The van der Waals surface area contributed by atoms with Crippen molar-refractivity contribution in [3.63, 3.8) is 0 Å². The van der Waals surface area contributed by atoms with Gasteiger partial charge in [-0.25, -0.2) is 4.39 Å². The summed E-state index contributed by atoms with van der Waals surface area (Å²) in [6.45, 7) is 0. The Hall–Kier alpha value is -1.43. The first-order chi connectivity index (χ1) is 8.61. The molecule has 0 aliphatic heterocycles. The zero-order valence-corrected chi connectivity index (χ0v) is 11.8. The van der Waals surface area contributed by atoms with Gasteiger partial charge in [0.1, 0.15) is 11.6 Å². The number of hydrogen-bond donors (Lipinski definition) is 0. The smallest absolute Gasteiger partial charge is 0.194 e. The lowest BCUT2D eigenvalue weighted by Gasteiger charge is -2.05. The summed E-state index contributed by atoms with van der Waals surface area (Å²) in [5.41, 5.74) is 1.06. The van der Waals surface area contributed by atoms with Crippen molar-refractivity contribution in [1.82, 2.24) is 0 Å². The highest BCUT2D eigenvalue weighted by molar-refractivity contribution is 14.1. The van der Waals surface area contributed by atoms with E-state index in [0.29, 0.717) is 20.4 Å². The molecule has 0 heterocycles. The summed E-state index contributed by atoms with van der Waals surface area (Å²) in [6.07, 6.45) is 0. The van der Waals surface area contributed by atoms with E-state index in [-0.39, 0.29) is 11.6 Å². The van der Waals surface area contributed by atoms with Crippen LogP contribution < -0.4 is 4.74 Å². The molecule has 0 aromatic heterocycles. The lowest BCUT2D eigenvalue weighted by atomic mass is 10.0. The second kappa shape index (κ2) is 5.48. The minimum Gasteiger partial charge on any atom is -0.497 e. The van der Waals surface area contributed by atoms with Crippen LogP contribution in [0.1, 0.15) is 15.9 Å². The number of rotatable bonds is 3. The molecule has 0 fully saturated rings. The maximum absolute atomic E-state index is 13.0. The molecule has 0 aliphatic rings. The number of methoxy groups -OCH3 is 1. The fourth-order valence-electron chi connectivity index (χ4n) is 1.57. The fraction of sp³-hybridized carbons (Fsp3) is 0.0714. The first-order valence-electron chi connectivity index (χ1n) is 5.25. The Bertz CT molecular complexity index is 579. The quantitative estimate of drug-likeness (QED) is 0.620. The van der Waals surface area contributed by atoms with Crippen molar-refractivity contribution in [3.8, 4) is 5.75 Å². The van der Waals surface area contributed by atoms with E-state index in [9.17, 15) is 9.18 Å². The van der Waals surface area contributed by atoms with Gasteiger partial charge in [0.15, 0.2) is 5.78 Å². The zero-order valence-electron chi connectivity index (χ0n) is 9.61. The van der Waals surface area contributed by atoms with Crippen LogP contribution in [0.3, 0.4) is 0 Å². The van der Waals surface area contributed by atoms with Crippen LogP contribution in [0.2, 0.25) is 0 Å². The first kappa shape index (κ1) is 13.0. The highest BCUT2D eigenvalue weighted by Crippen LogP contribution is 2.19. The second-order valence-corrected chi connectivity index (χ2v) is 4.84. The van der Waals surface area contributed by atoms with Gasteiger partial charge in [-0.05, 0) is 65.1 Å². The molecule has 4 heteroatoms. The third-order valence-electron chi connectivity index (χ3n) is 2.53. The molecule has 0 saturated heterocycles. The van der Waals surface area contributed by atoms with Crippen molar-refractivity contribution in [2.45, 2.75) is 0 Å². The molecule has 2 rings (SSSR count). The summed E-state index contributed by atoms with van der Waals surface area (Å²) in [5.74, 6) is 0.230. The van der Waals surface area contributed by atoms with Crippen molar-refractivity contribution < 1.29 is 13.9 Å². The number of carbonyl (C=O) groups is 1. The Morgan fingerprint density at radius 1 is 1.17 bits per heavy atom. The summed E-state index contributed by atoms with van der Waals surface area (Å²) in [6, 6.07) is 11.0. The van der Waals surface area contributed by atoms with Gasteiger partial charge in [0.25, 0.3) is 0 Å². The normalized spacial score (nSPS) is 10.2. The maximum atomic E-state index is 13.0. The van der Waals surface area contributed by atoms with Gasteiger partial charge in [-0.2, -0.15) is 0 Å². The molecule has 0 radical (unpaired) electrons. The van der Waals surface area contributed by atoms with Crippen molar-refractivity contribution in [3.05, 3.63) is 63.0 Å². The molecule has 0 unspecified atom stereocenters. The molecule has 0 saturated carbocycles. The van der Waals surface area contributed by atoms with E-state index >= 15 is 0 Å². The van der Waals surface area contributed by atoms with E-state index in [1.54, 1.807) is 31.4 Å². The van der Waals surface area contributed by atoms with Gasteiger partial charge in [0, 0.05) is 14.7 Å². The van der Waals surface area contributed by atoms with E-state index in [2.05, 4.69) is 0 Å². The Kier molecular flexibility index (Phi) is 3.96. The predicted octanol–water partition coefficient (Wildman–Crippen LogP) is 3.67. The molecular formula is C14H10FIO2. The Labute approximate surface area is 118 Å². The highest BCUT2D eigenvalue weighted by atomic mass is 127. The molecule has 0 N–H and O–H groups in total. The molecular weight excluding hydrogens is 346 g/mol. The standard InChI is InChI=1S/C14H10FIO2/c1-18-11-5-2-9(3-6-11)14(17)12-7-4-10(15)8-13(12)16/h2-8H,1H3. The minimum absolute atomic E-state index is 0.123. The molecule has 92 valence electrons. The number of carbonyl (C=O) groups excluding carboxylic acids is 1. The summed E-state index contributed by atoms with van der Waals surface area (Å²) in [4.78, 5) is 12.2. The molecule has 2 aromatic rings. The van der Waals surface area contributed by atoms with E-state index in [1.165, 1.54) is 18.2 Å². The van der Waals surface area contributed by atoms with Crippen LogP contribution in [0, 0.1) is 9.39 Å². The van der Waals surface area contributed by atoms with Crippen LogP contribution in [0.4, 0.5) is 4.39 Å². The summed E-state index contributed by atoms with van der Waals surface area (Å²) < 4.78 is 18.6. The number of hydrogen-bond acceptors (Lipinski definition) is 2. The summed E-state index contributed by atoms with van der Waals surface area (Å²) in [7, 11) is 1.57. The second-order valence-electron chi connectivity index (χ2n) is 3.68. The van der Waals surface area contributed by atoms with E-state index in [4.69, 9.17) is 4.74 Å². The molecule has 0 amide bonds. The average Bonchev–Trinajstić information content (AvgIpc) is 2.38. The lowest BCUT2D eigenvalue weighted by Crippen LogP contribution is -2.04. The van der Waals surface area contributed by atoms with Crippen molar-refractivity contribution in [2.75, 3.05) is 7.11 Å².